The summed E-state index contributed by atoms with van der Waals surface area (Å²) in [6, 6.07) is 5.92. The molecule has 2 aromatic rings. The van der Waals surface area contributed by atoms with Gasteiger partial charge < -0.3 is 15.4 Å². The van der Waals surface area contributed by atoms with Gasteiger partial charge in [0.2, 0.25) is 0 Å². The Morgan fingerprint density at radius 3 is 3.00 bits per heavy atom. The second-order valence-corrected chi connectivity index (χ2v) is 6.35. The zero-order valence-electron chi connectivity index (χ0n) is 15.4. The Bertz CT molecular complexity index is 685. The molecule has 0 radical (unpaired) electrons. The SMILES string of the molecule is CCNC(=NCCCOCC1CC1)NCCc1nnc2ccccn12.I. The monoisotopic (exact) mass is 472 g/mol. The number of halogens is 1. The van der Waals surface area contributed by atoms with E-state index in [1.54, 1.807) is 0 Å². The van der Waals surface area contributed by atoms with Gasteiger partial charge in [0, 0.05) is 45.5 Å². The van der Waals surface area contributed by atoms with Gasteiger partial charge >= 0.3 is 0 Å². The smallest absolute Gasteiger partial charge is 0.191 e. The standard InChI is InChI=1S/C18H28N6O.HI/c1-2-19-18(20-10-5-13-25-14-15-7-8-15)21-11-9-17-23-22-16-6-3-4-12-24(16)17;/h3-4,6,12,15H,2,5,7-11,13-14H2,1H3,(H2,19,20,21);1H. The number of nitrogens with one attached hydrogen (secondary N) is 2. The first-order chi connectivity index (χ1) is 12.4. The lowest BCUT2D eigenvalue weighted by Crippen LogP contribution is -2.38. The minimum Gasteiger partial charge on any atom is -0.381 e. The fourth-order valence-electron chi connectivity index (χ4n) is 2.59. The number of rotatable bonds is 10. The van der Waals surface area contributed by atoms with E-state index in [0.29, 0.717) is 0 Å². The molecule has 2 heterocycles. The molecule has 0 unspecified atom stereocenters. The maximum absolute atomic E-state index is 5.64. The topological polar surface area (TPSA) is 75.8 Å². The van der Waals surface area contributed by atoms with Crippen molar-refractivity contribution in [1.82, 2.24) is 25.2 Å². The number of fused-ring (bicyclic) bond motifs is 1. The Morgan fingerprint density at radius 2 is 2.19 bits per heavy atom. The van der Waals surface area contributed by atoms with Gasteiger partial charge in [0.1, 0.15) is 5.82 Å². The van der Waals surface area contributed by atoms with Gasteiger partial charge in [-0.2, -0.15) is 0 Å². The summed E-state index contributed by atoms with van der Waals surface area (Å²) in [5.41, 5.74) is 0.879. The van der Waals surface area contributed by atoms with Crippen molar-refractivity contribution in [2.45, 2.75) is 32.6 Å². The van der Waals surface area contributed by atoms with Crippen LogP contribution >= 0.6 is 24.0 Å². The Morgan fingerprint density at radius 1 is 1.31 bits per heavy atom. The van der Waals surface area contributed by atoms with Crippen LogP contribution in [0.4, 0.5) is 0 Å². The number of nitrogens with zero attached hydrogens (tertiary/aromatic N) is 4. The van der Waals surface area contributed by atoms with Gasteiger partial charge in [-0.3, -0.25) is 9.39 Å². The third kappa shape index (κ3) is 6.71. The van der Waals surface area contributed by atoms with E-state index in [0.717, 1.165) is 69.0 Å². The van der Waals surface area contributed by atoms with Gasteiger partial charge in [-0.1, -0.05) is 6.07 Å². The first-order valence-electron chi connectivity index (χ1n) is 9.25. The van der Waals surface area contributed by atoms with Crippen LogP contribution in [-0.2, 0) is 11.2 Å². The summed E-state index contributed by atoms with van der Waals surface area (Å²) >= 11 is 0. The van der Waals surface area contributed by atoms with Crippen molar-refractivity contribution in [2.24, 2.45) is 10.9 Å². The first kappa shape index (κ1) is 20.9. The largest absolute Gasteiger partial charge is 0.381 e. The van der Waals surface area contributed by atoms with Gasteiger partial charge in [0.05, 0.1) is 0 Å². The molecule has 0 amide bonds. The molecule has 1 fully saturated rings. The molecule has 0 spiro atoms. The molecule has 144 valence electrons. The van der Waals surface area contributed by atoms with Gasteiger partial charge in [0.25, 0.3) is 0 Å². The van der Waals surface area contributed by atoms with Crippen molar-refractivity contribution in [1.29, 1.82) is 0 Å². The average molecular weight is 472 g/mol. The van der Waals surface area contributed by atoms with E-state index in [1.807, 2.05) is 28.8 Å². The van der Waals surface area contributed by atoms with E-state index in [4.69, 9.17) is 4.74 Å². The summed E-state index contributed by atoms with van der Waals surface area (Å²) in [6.45, 7) is 6.17. The minimum atomic E-state index is 0. The molecule has 2 N–H and O–H groups in total. The highest BCUT2D eigenvalue weighted by atomic mass is 127. The Kier molecular flexibility index (Phi) is 9.10. The maximum atomic E-state index is 5.64. The predicted octanol–water partition coefficient (Wildman–Crippen LogP) is 2.26. The fourth-order valence-corrected chi connectivity index (χ4v) is 2.59. The van der Waals surface area contributed by atoms with E-state index in [2.05, 4.69) is 32.7 Å². The molecule has 2 aromatic heterocycles. The highest BCUT2D eigenvalue weighted by Crippen LogP contribution is 2.28. The molecule has 8 heteroatoms. The fraction of sp³-hybridized carbons (Fsp3) is 0.611. The third-order valence-corrected chi connectivity index (χ3v) is 4.14. The van der Waals surface area contributed by atoms with Crippen LogP contribution in [0.3, 0.4) is 0 Å². The molecule has 0 aromatic carbocycles. The van der Waals surface area contributed by atoms with Crippen molar-refractivity contribution in [3.05, 3.63) is 30.2 Å². The van der Waals surface area contributed by atoms with Crippen LogP contribution in [0.1, 0.15) is 32.0 Å². The summed E-state index contributed by atoms with van der Waals surface area (Å²) in [7, 11) is 0. The molecule has 1 saturated carbocycles. The summed E-state index contributed by atoms with van der Waals surface area (Å²) in [5, 5.41) is 15.1. The molecule has 0 aliphatic heterocycles. The Hall–Kier alpha value is -1.42. The average Bonchev–Trinajstić information content (AvgIpc) is 3.37. The Balaban J connectivity index is 0.00000243. The molecule has 1 aliphatic rings. The molecule has 1 aliphatic carbocycles. The van der Waals surface area contributed by atoms with Crippen LogP contribution in [0.5, 0.6) is 0 Å². The number of aromatic nitrogens is 3. The summed E-state index contributed by atoms with van der Waals surface area (Å²) in [4.78, 5) is 4.60. The van der Waals surface area contributed by atoms with Crippen molar-refractivity contribution in [3.63, 3.8) is 0 Å². The molecule has 0 bridgehead atoms. The molecule has 26 heavy (non-hydrogen) atoms. The molecular formula is C18H29IN6O. The number of hydrogen-bond donors (Lipinski definition) is 2. The lowest BCUT2D eigenvalue weighted by Gasteiger charge is -2.11. The summed E-state index contributed by atoms with van der Waals surface area (Å²) in [5.74, 6) is 2.63. The van der Waals surface area contributed by atoms with Crippen LogP contribution in [0.2, 0.25) is 0 Å². The van der Waals surface area contributed by atoms with Crippen LogP contribution in [0.15, 0.2) is 29.4 Å². The van der Waals surface area contributed by atoms with Crippen LogP contribution in [0, 0.1) is 5.92 Å². The third-order valence-electron chi connectivity index (χ3n) is 4.14. The number of guanidine groups is 1. The lowest BCUT2D eigenvalue weighted by molar-refractivity contribution is 0.123. The number of ether oxygens (including phenoxy) is 1. The highest BCUT2D eigenvalue weighted by Gasteiger charge is 2.20. The zero-order valence-corrected chi connectivity index (χ0v) is 17.7. The van der Waals surface area contributed by atoms with Gasteiger partial charge in [-0.05, 0) is 44.2 Å². The molecule has 0 atom stereocenters. The molecule has 3 rings (SSSR count). The minimum absolute atomic E-state index is 0. The summed E-state index contributed by atoms with van der Waals surface area (Å²) in [6.07, 6.45) is 6.42. The van der Waals surface area contributed by atoms with E-state index in [-0.39, 0.29) is 24.0 Å². The zero-order chi connectivity index (χ0) is 17.3. The van der Waals surface area contributed by atoms with Crippen molar-refractivity contribution in [2.75, 3.05) is 32.8 Å². The van der Waals surface area contributed by atoms with Gasteiger partial charge in [-0.15, -0.1) is 34.2 Å². The van der Waals surface area contributed by atoms with E-state index in [1.165, 1.54) is 12.8 Å². The first-order valence-corrected chi connectivity index (χ1v) is 9.25. The second-order valence-electron chi connectivity index (χ2n) is 6.35. The molecular weight excluding hydrogens is 443 g/mol. The Labute approximate surface area is 172 Å². The predicted molar refractivity (Wildman–Crippen MR) is 114 cm³/mol. The van der Waals surface area contributed by atoms with Gasteiger partial charge in [-0.25, -0.2) is 0 Å². The van der Waals surface area contributed by atoms with Crippen molar-refractivity contribution < 1.29 is 4.74 Å². The molecule has 0 saturated heterocycles. The van der Waals surface area contributed by atoms with E-state index >= 15 is 0 Å². The van der Waals surface area contributed by atoms with Crippen molar-refractivity contribution in [3.8, 4) is 0 Å². The lowest BCUT2D eigenvalue weighted by atomic mass is 10.4. The normalized spacial score (nSPS) is 14.3. The summed E-state index contributed by atoms with van der Waals surface area (Å²) < 4.78 is 7.66. The van der Waals surface area contributed by atoms with E-state index in [9.17, 15) is 0 Å². The second kappa shape index (κ2) is 11.3. The molecule has 7 nitrogen and oxygen atoms in total. The number of hydrogen-bond acceptors (Lipinski definition) is 4. The van der Waals surface area contributed by atoms with Gasteiger partial charge in [0.15, 0.2) is 11.6 Å². The maximum Gasteiger partial charge on any atom is 0.191 e. The number of pyridine rings is 1. The van der Waals surface area contributed by atoms with Crippen LogP contribution in [0.25, 0.3) is 5.65 Å². The van der Waals surface area contributed by atoms with E-state index < -0.39 is 0 Å². The van der Waals surface area contributed by atoms with Crippen LogP contribution in [-0.4, -0.2) is 53.4 Å². The highest BCUT2D eigenvalue weighted by molar-refractivity contribution is 14.0. The quantitative estimate of drug-likeness (QED) is 0.240. The van der Waals surface area contributed by atoms with Crippen molar-refractivity contribution >= 4 is 35.6 Å². The van der Waals surface area contributed by atoms with Crippen LogP contribution < -0.4 is 10.6 Å². The number of aliphatic imine (C=N–C) groups is 1.